The topological polar surface area (TPSA) is 60.9 Å². The zero-order chi connectivity index (χ0) is 13.0. The van der Waals surface area contributed by atoms with E-state index in [0.717, 1.165) is 38.1 Å². The van der Waals surface area contributed by atoms with Crippen molar-refractivity contribution >= 4 is 11.9 Å². The average Bonchev–Trinajstić information content (AvgIpc) is 2.90. The fourth-order valence-electron chi connectivity index (χ4n) is 2.81. The Balaban J connectivity index is 1.79. The summed E-state index contributed by atoms with van der Waals surface area (Å²) >= 11 is 0. The van der Waals surface area contributed by atoms with Crippen LogP contribution in [0.25, 0.3) is 0 Å². The number of aliphatic carboxylic acids is 1. The number of likely N-dealkylation sites (tertiary alicyclic amines) is 2. The average molecular weight is 252 g/mol. The van der Waals surface area contributed by atoms with Crippen LogP contribution < -0.4 is 0 Å². The van der Waals surface area contributed by atoms with E-state index in [1.54, 1.807) is 4.90 Å². The second kappa shape index (κ2) is 6.00. The second-order valence-electron chi connectivity index (χ2n) is 4.97. The number of carbonyl (C=O) groups excluding carboxylic acids is 1. The van der Waals surface area contributed by atoms with E-state index in [0.29, 0.717) is 6.04 Å². The Morgan fingerprint density at radius 2 is 1.61 bits per heavy atom. The van der Waals surface area contributed by atoms with Gasteiger partial charge in [0.25, 0.3) is 0 Å². The highest BCUT2D eigenvalue weighted by atomic mass is 16.4. The smallest absolute Gasteiger partial charge is 0.328 e. The summed E-state index contributed by atoms with van der Waals surface area (Å²) in [6.45, 7) is 3.86. The molecule has 5 heteroatoms. The Morgan fingerprint density at radius 1 is 1.00 bits per heavy atom. The normalized spacial score (nSPS) is 22.8. The fourth-order valence-corrected chi connectivity index (χ4v) is 2.81. The highest BCUT2D eigenvalue weighted by molar-refractivity contribution is 5.93. The van der Waals surface area contributed by atoms with Crippen LogP contribution in [0.5, 0.6) is 0 Å². The standard InChI is InChI=1S/C13H20N2O3/c16-12(3-4-13(17)18)15-9-5-11(6-10-15)14-7-1-2-8-14/h3-4,11H,1-2,5-10H2,(H,17,18). The van der Waals surface area contributed by atoms with E-state index in [1.807, 2.05) is 0 Å². The van der Waals surface area contributed by atoms with Gasteiger partial charge in [0.15, 0.2) is 0 Å². The molecule has 0 aromatic heterocycles. The van der Waals surface area contributed by atoms with Crippen LogP contribution in [0, 0.1) is 0 Å². The molecule has 0 saturated carbocycles. The molecule has 2 saturated heterocycles. The summed E-state index contributed by atoms with van der Waals surface area (Å²) in [5.41, 5.74) is 0. The number of piperidine rings is 1. The van der Waals surface area contributed by atoms with Crippen molar-refractivity contribution in [2.24, 2.45) is 0 Å². The lowest BCUT2D eigenvalue weighted by Crippen LogP contribution is -2.45. The first-order chi connectivity index (χ1) is 8.66. The van der Waals surface area contributed by atoms with Crippen LogP contribution >= 0.6 is 0 Å². The van der Waals surface area contributed by atoms with E-state index in [1.165, 1.54) is 25.9 Å². The van der Waals surface area contributed by atoms with Crippen LogP contribution in [-0.4, -0.2) is 59.0 Å². The van der Waals surface area contributed by atoms with Crippen LogP contribution in [0.1, 0.15) is 25.7 Å². The first kappa shape index (κ1) is 13.1. The van der Waals surface area contributed by atoms with Gasteiger partial charge in [0, 0.05) is 31.3 Å². The molecule has 0 unspecified atom stereocenters. The van der Waals surface area contributed by atoms with Gasteiger partial charge in [0.2, 0.25) is 5.91 Å². The molecule has 5 nitrogen and oxygen atoms in total. The molecule has 0 atom stereocenters. The van der Waals surface area contributed by atoms with E-state index in [9.17, 15) is 9.59 Å². The quantitative estimate of drug-likeness (QED) is 0.752. The molecular formula is C13H20N2O3. The van der Waals surface area contributed by atoms with E-state index in [-0.39, 0.29) is 5.91 Å². The molecule has 1 amide bonds. The first-order valence-electron chi connectivity index (χ1n) is 6.61. The van der Waals surface area contributed by atoms with Crippen molar-refractivity contribution in [2.45, 2.75) is 31.7 Å². The van der Waals surface area contributed by atoms with E-state index in [2.05, 4.69) is 4.90 Å². The molecule has 2 fully saturated rings. The van der Waals surface area contributed by atoms with Crippen LogP contribution in [0.2, 0.25) is 0 Å². The molecule has 0 spiro atoms. The molecule has 0 bridgehead atoms. The Bertz CT molecular complexity index is 340. The summed E-state index contributed by atoms with van der Waals surface area (Å²) in [6, 6.07) is 0.611. The molecule has 0 aromatic carbocycles. The third kappa shape index (κ3) is 3.32. The number of nitrogens with zero attached hydrogens (tertiary/aromatic N) is 2. The molecule has 0 aromatic rings. The van der Waals surface area contributed by atoms with Crippen molar-refractivity contribution < 1.29 is 14.7 Å². The Morgan fingerprint density at radius 3 is 2.17 bits per heavy atom. The van der Waals surface area contributed by atoms with Crippen molar-refractivity contribution in [3.63, 3.8) is 0 Å². The largest absolute Gasteiger partial charge is 0.478 e. The predicted molar refractivity (Wildman–Crippen MR) is 67.2 cm³/mol. The first-order valence-corrected chi connectivity index (χ1v) is 6.61. The van der Waals surface area contributed by atoms with Crippen LogP contribution in [0.15, 0.2) is 12.2 Å². The maximum Gasteiger partial charge on any atom is 0.328 e. The summed E-state index contributed by atoms with van der Waals surface area (Å²) in [6.07, 6.45) is 6.66. The molecule has 2 aliphatic heterocycles. The Labute approximate surface area is 107 Å². The lowest BCUT2D eigenvalue weighted by Gasteiger charge is -2.36. The third-order valence-corrected chi connectivity index (χ3v) is 3.80. The Kier molecular flexibility index (Phi) is 4.36. The third-order valence-electron chi connectivity index (χ3n) is 3.80. The van der Waals surface area contributed by atoms with Crippen LogP contribution in [0.3, 0.4) is 0 Å². The van der Waals surface area contributed by atoms with Gasteiger partial charge in [0.1, 0.15) is 0 Å². The number of carbonyl (C=O) groups is 2. The van der Waals surface area contributed by atoms with E-state index in [4.69, 9.17) is 5.11 Å². The highest BCUT2D eigenvalue weighted by Crippen LogP contribution is 2.21. The van der Waals surface area contributed by atoms with Gasteiger partial charge in [-0.05, 0) is 38.8 Å². The number of hydrogen-bond acceptors (Lipinski definition) is 3. The number of rotatable bonds is 3. The summed E-state index contributed by atoms with van der Waals surface area (Å²) in [4.78, 5) is 26.3. The highest BCUT2D eigenvalue weighted by Gasteiger charge is 2.27. The molecule has 0 aliphatic carbocycles. The van der Waals surface area contributed by atoms with Gasteiger partial charge in [-0.15, -0.1) is 0 Å². The van der Waals surface area contributed by atoms with Gasteiger partial charge in [-0.25, -0.2) is 4.79 Å². The summed E-state index contributed by atoms with van der Waals surface area (Å²) < 4.78 is 0. The zero-order valence-electron chi connectivity index (χ0n) is 10.5. The number of carboxylic acid groups (broad SMARTS) is 1. The van der Waals surface area contributed by atoms with Gasteiger partial charge in [-0.1, -0.05) is 0 Å². The maximum atomic E-state index is 11.7. The van der Waals surface area contributed by atoms with Gasteiger partial charge >= 0.3 is 5.97 Å². The molecule has 2 heterocycles. The Hall–Kier alpha value is -1.36. The number of carboxylic acids is 1. The van der Waals surface area contributed by atoms with Crippen molar-refractivity contribution in [1.29, 1.82) is 0 Å². The minimum atomic E-state index is -1.07. The molecule has 1 N–H and O–H groups in total. The van der Waals surface area contributed by atoms with Gasteiger partial charge in [0.05, 0.1) is 0 Å². The van der Waals surface area contributed by atoms with Gasteiger partial charge in [-0.3, -0.25) is 4.79 Å². The zero-order valence-corrected chi connectivity index (χ0v) is 10.5. The van der Waals surface area contributed by atoms with Crippen molar-refractivity contribution in [3.8, 4) is 0 Å². The van der Waals surface area contributed by atoms with Gasteiger partial charge in [-0.2, -0.15) is 0 Å². The molecule has 100 valence electrons. The SMILES string of the molecule is O=C(O)C=CC(=O)N1CCC(N2CCCC2)CC1. The summed E-state index contributed by atoms with van der Waals surface area (Å²) in [5, 5.41) is 8.48. The van der Waals surface area contributed by atoms with Crippen LogP contribution in [-0.2, 0) is 9.59 Å². The number of hydrogen-bond donors (Lipinski definition) is 1. The second-order valence-corrected chi connectivity index (χ2v) is 4.97. The minimum Gasteiger partial charge on any atom is -0.478 e. The summed E-state index contributed by atoms with van der Waals surface area (Å²) in [5.74, 6) is -1.26. The molecular weight excluding hydrogens is 232 g/mol. The lowest BCUT2D eigenvalue weighted by molar-refractivity contribution is -0.132. The van der Waals surface area contributed by atoms with Crippen molar-refractivity contribution in [2.75, 3.05) is 26.2 Å². The minimum absolute atomic E-state index is 0.183. The monoisotopic (exact) mass is 252 g/mol. The number of amides is 1. The van der Waals surface area contributed by atoms with Crippen LogP contribution in [0.4, 0.5) is 0 Å². The maximum absolute atomic E-state index is 11.7. The van der Waals surface area contributed by atoms with E-state index < -0.39 is 5.97 Å². The molecule has 18 heavy (non-hydrogen) atoms. The molecule has 2 aliphatic rings. The lowest BCUT2D eigenvalue weighted by atomic mass is 10.0. The molecule has 2 rings (SSSR count). The van der Waals surface area contributed by atoms with Crippen molar-refractivity contribution in [3.05, 3.63) is 12.2 Å². The molecule has 0 radical (unpaired) electrons. The van der Waals surface area contributed by atoms with E-state index >= 15 is 0 Å². The van der Waals surface area contributed by atoms with Gasteiger partial charge < -0.3 is 14.9 Å². The summed E-state index contributed by atoms with van der Waals surface area (Å²) in [7, 11) is 0. The van der Waals surface area contributed by atoms with Crippen molar-refractivity contribution in [1.82, 2.24) is 9.80 Å². The fraction of sp³-hybridized carbons (Fsp3) is 0.692. The predicted octanol–water partition coefficient (Wildman–Crippen LogP) is 0.714.